The maximum Gasteiger partial charge on any atom is 0.232 e. The highest BCUT2D eigenvalue weighted by Crippen LogP contribution is 2.25. The molecule has 1 unspecified atom stereocenters. The molecule has 2 aromatic rings. The van der Waals surface area contributed by atoms with Crippen molar-refractivity contribution in [3.8, 4) is 0 Å². The number of carbonyl (C=O) groups is 1. The van der Waals surface area contributed by atoms with Crippen molar-refractivity contribution in [3.63, 3.8) is 0 Å². The van der Waals surface area contributed by atoms with Crippen LogP contribution in [0.5, 0.6) is 0 Å². The molecule has 0 fully saturated rings. The molecule has 0 spiro atoms. The van der Waals surface area contributed by atoms with Crippen LogP contribution in [-0.4, -0.2) is 27.1 Å². The molecule has 0 bridgehead atoms. The first-order valence-electron chi connectivity index (χ1n) is 10.4. The van der Waals surface area contributed by atoms with E-state index < -0.39 is 10.0 Å². The molecule has 2 rings (SSSR count). The van der Waals surface area contributed by atoms with Crippen molar-refractivity contribution < 1.29 is 13.2 Å². The van der Waals surface area contributed by atoms with Gasteiger partial charge < -0.3 is 5.32 Å². The van der Waals surface area contributed by atoms with Gasteiger partial charge in [-0.15, -0.1) is 0 Å². The van der Waals surface area contributed by atoms with Crippen LogP contribution < -0.4 is 9.62 Å². The number of benzene rings is 2. The molecule has 1 N–H and O–H groups in total. The van der Waals surface area contributed by atoms with Crippen molar-refractivity contribution in [3.05, 3.63) is 64.2 Å². The second-order valence-corrected chi connectivity index (χ2v) is 10.0. The highest BCUT2D eigenvalue weighted by atomic mass is 32.2. The van der Waals surface area contributed by atoms with Crippen LogP contribution in [0.3, 0.4) is 0 Å². The first kappa shape index (κ1) is 23.9. The molecule has 0 aliphatic rings. The number of aryl methyl sites for hydroxylation is 4. The Bertz CT molecular complexity index is 1000. The number of sulfonamides is 1. The Morgan fingerprint density at radius 2 is 1.67 bits per heavy atom. The molecule has 1 atom stereocenters. The minimum absolute atomic E-state index is 0.0400. The fraction of sp³-hybridized carbons (Fsp3) is 0.458. The first-order chi connectivity index (χ1) is 14.0. The van der Waals surface area contributed by atoms with Gasteiger partial charge in [-0.3, -0.25) is 9.10 Å². The molecule has 2 aromatic carbocycles. The van der Waals surface area contributed by atoms with E-state index in [1.807, 2.05) is 39.0 Å². The van der Waals surface area contributed by atoms with Crippen molar-refractivity contribution in [2.45, 2.75) is 59.9 Å². The monoisotopic (exact) mass is 430 g/mol. The highest BCUT2D eigenvalue weighted by molar-refractivity contribution is 7.92. The van der Waals surface area contributed by atoms with Crippen molar-refractivity contribution in [2.75, 3.05) is 17.1 Å². The van der Waals surface area contributed by atoms with Crippen LogP contribution in [0.15, 0.2) is 36.4 Å². The summed E-state index contributed by atoms with van der Waals surface area (Å²) in [5.74, 6) is -0.0607. The summed E-state index contributed by atoms with van der Waals surface area (Å²) in [5.41, 5.74) is 6.11. The highest BCUT2D eigenvalue weighted by Gasteiger charge is 2.20. The molecule has 0 heterocycles. The molecular formula is C24H34N2O3S. The maximum absolute atomic E-state index is 12.5. The Hall–Kier alpha value is -2.34. The Morgan fingerprint density at radius 3 is 2.27 bits per heavy atom. The van der Waals surface area contributed by atoms with E-state index in [1.54, 1.807) is 0 Å². The molecule has 6 heteroatoms. The largest absolute Gasteiger partial charge is 0.349 e. The number of anilines is 1. The van der Waals surface area contributed by atoms with Crippen LogP contribution in [0.2, 0.25) is 0 Å². The number of hydrogen-bond donors (Lipinski definition) is 1. The Balaban J connectivity index is 2.03. The van der Waals surface area contributed by atoms with Gasteiger partial charge in [-0.05, 0) is 74.4 Å². The minimum atomic E-state index is -3.43. The average molecular weight is 431 g/mol. The molecule has 0 aliphatic heterocycles. The number of carbonyl (C=O) groups excluding carboxylic acids is 1. The normalized spacial score (nSPS) is 12.5. The number of rotatable bonds is 9. The summed E-state index contributed by atoms with van der Waals surface area (Å²) in [5, 5.41) is 3.10. The SMILES string of the molecule is CCC(NC(=O)CCCN(c1cc(C)ccc1C)S(C)(=O)=O)c1ccc(C)c(C)c1. The summed E-state index contributed by atoms with van der Waals surface area (Å²) in [6, 6.07) is 12.0. The van der Waals surface area contributed by atoms with Crippen molar-refractivity contribution in [2.24, 2.45) is 0 Å². The lowest BCUT2D eigenvalue weighted by atomic mass is 9.99. The summed E-state index contributed by atoms with van der Waals surface area (Å²) in [4.78, 5) is 12.5. The van der Waals surface area contributed by atoms with Gasteiger partial charge in [-0.25, -0.2) is 8.42 Å². The van der Waals surface area contributed by atoms with Gasteiger partial charge in [0.15, 0.2) is 0 Å². The molecule has 0 aliphatic carbocycles. The molecule has 0 radical (unpaired) electrons. The second kappa shape index (κ2) is 10.1. The number of nitrogens with one attached hydrogen (secondary N) is 1. The summed E-state index contributed by atoms with van der Waals surface area (Å²) >= 11 is 0. The molecular weight excluding hydrogens is 396 g/mol. The van der Waals surface area contributed by atoms with E-state index in [9.17, 15) is 13.2 Å². The van der Waals surface area contributed by atoms with Gasteiger partial charge in [0, 0.05) is 13.0 Å². The Morgan fingerprint density at radius 1 is 1.00 bits per heavy atom. The maximum atomic E-state index is 12.5. The topological polar surface area (TPSA) is 66.5 Å². The predicted octanol–water partition coefficient (Wildman–Crippen LogP) is 4.73. The van der Waals surface area contributed by atoms with E-state index in [4.69, 9.17) is 0 Å². The zero-order chi connectivity index (χ0) is 22.5. The van der Waals surface area contributed by atoms with Gasteiger partial charge in [0.1, 0.15) is 0 Å². The number of amides is 1. The third-order valence-corrected chi connectivity index (χ3v) is 6.66. The summed E-state index contributed by atoms with van der Waals surface area (Å²) in [6.45, 7) is 10.3. The van der Waals surface area contributed by atoms with Gasteiger partial charge in [-0.2, -0.15) is 0 Å². The standard InChI is InChI=1S/C24H34N2O3S/c1-7-22(21-13-12-18(3)20(5)16-21)25-24(27)9-8-14-26(30(6,28)29)23-15-17(2)10-11-19(23)4/h10-13,15-16,22H,7-9,14H2,1-6H3,(H,25,27). The van der Waals surface area contributed by atoms with E-state index in [0.29, 0.717) is 12.1 Å². The van der Waals surface area contributed by atoms with Crippen molar-refractivity contribution in [1.29, 1.82) is 0 Å². The van der Waals surface area contributed by atoms with Crippen LogP contribution in [0.1, 0.15) is 60.0 Å². The third-order valence-electron chi connectivity index (χ3n) is 5.48. The number of hydrogen-bond acceptors (Lipinski definition) is 3. The van der Waals surface area contributed by atoms with Gasteiger partial charge in [0.05, 0.1) is 18.0 Å². The van der Waals surface area contributed by atoms with E-state index in [1.165, 1.54) is 21.7 Å². The average Bonchev–Trinajstić information content (AvgIpc) is 2.67. The summed E-state index contributed by atoms with van der Waals surface area (Å²) in [6.07, 6.45) is 2.74. The second-order valence-electron chi connectivity index (χ2n) is 8.10. The third kappa shape index (κ3) is 6.33. The van der Waals surface area contributed by atoms with E-state index >= 15 is 0 Å². The smallest absolute Gasteiger partial charge is 0.232 e. The predicted molar refractivity (Wildman–Crippen MR) is 124 cm³/mol. The van der Waals surface area contributed by atoms with Gasteiger partial charge in [-0.1, -0.05) is 37.3 Å². The van der Waals surface area contributed by atoms with E-state index in [-0.39, 0.29) is 24.9 Å². The Labute approximate surface area is 181 Å². The lowest BCUT2D eigenvalue weighted by molar-refractivity contribution is -0.121. The summed E-state index contributed by atoms with van der Waals surface area (Å²) in [7, 11) is -3.43. The van der Waals surface area contributed by atoms with E-state index in [2.05, 4.69) is 37.4 Å². The minimum Gasteiger partial charge on any atom is -0.349 e. The molecule has 0 saturated carbocycles. The quantitative estimate of drug-likeness (QED) is 0.625. The van der Waals surface area contributed by atoms with Gasteiger partial charge in [0.2, 0.25) is 15.9 Å². The fourth-order valence-corrected chi connectivity index (χ4v) is 4.52. The first-order valence-corrected chi connectivity index (χ1v) is 12.3. The van der Waals surface area contributed by atoms with Crippen LogP contribution in [-0.2, 0) is 14.8 Å². The van der Waals surface area contributed by atoms with Crippen LogP contribution >= 0.6 is 0 Å². The fourth-order valence-electron chi connectivity index (χ4n) is 3.51. The van der Waals surface area contributed by atoms with Crippen molar-refractivity contribution in [1.82, 2.24) is 5.32 Å². The lowest BCUT2D eigenvalue weighted by Gasteiger charge is -2.25. The molecule has 0 aromatic heterocycles. The molecule has 1 amide bonds. The van der Waals surface area contributed by atoms with E-state index in [0.717, 1.165) is 23.1 Å². The van der Waals surface area contributed by atoms with Crippen LogP contribution in [0.4, 0.5) is 5.69 Å². The van der Waals surface area contributed by atoms with Crippen molar-refractivity contribution >= 4 is 21.6 Å². The van der Waals surface area contributed by atoms with Crippen LogP contribution in [0.25, 0.3) is 0 Å². The van der Waals surface area contributed by atoms with Gasteiger partial charge >= 0.3 is 0 Å². The molecule has 30 heavy (non-hydrogen) atoms. The molecule has 5 nitrogen and oxygen atoms in total. The number of nitrogens with zero attached hydrogens (tertiary/aromatic N) is 1. The molecule has 164 valence electrons. The Kier molecular flexibility index (Phi) is 8.07. The summed E-state index contributed by atoms with van der Waals surface area (Å²) < 4.78 is 26.1. The zero-order valence-corrected chi connectivity index (χ0v) is 19.8. The zero-order valence-electron chi connectivity index (χ0n) is 19.0. The molecule has 0 saturated heterocycles. The van der Waals surface area contributed by atoms with Crippen LogP contribution in [0, 0.1) is 27.7 Å². The van der Waals surface area contributed by atoms with Gasteiger partial charge in [0.25, 0.3) is 0 Å². The lowest BCUT2D eigenvalue weighted by Crippen LogP contribution is -2.33.